The molecule has 1 heterocycles. The van der Waals surface area contributed by atoms with Gasteiger partial charge in [-0.05, 0) is 47.4 Å². The Kier molecular flexibility index (Phi) is 9.55. The van der Waals surface area contributed by atoms with Crippen molar-refractivity contribution >= 4 is 41.3 Å². The lowest BCUT2D eigenvalue weighted by atomic mass is 10.1. The predicted molar refractivity (Wildman–Crippen MR) is 111 cm³/mol. The molecule has 2 rings (SSSR count). The number of methoxy groups -OCH3 is 1. The average Bonchev–Trinajstić information content (AvgIpc) is 3.07. The van der Waals surface area contributed by atoms with E-state index in [9.17, 15) is 5.11 Å². The highest BCUT2D eigenvalue weighted by Gasteiger charge is 2.04. The summed E-state index contributed by atoms with van der Waals surface area (Å²) in [5.74, 6) is 1.70. The predicted octanol–water partition coefficient (Wildman–Crippen LogP) is 3.38. The molecule has 1 aromatic heterocycles. The van der Waals surface area contributed by atoms with Gasteiger partial charge in [-0.1, -0.05) is 6.07 Å². The molecule has 0 fully saturated rings. The summed E-state index contributed by atoms with van der Waals surface area (Å²) in [6.07, 6.45) is 0.707. The molecule has 0 aliphatic carbocycles. The monoisotopic (exact) mass is 461 g/mol. The Bertz CT molecular complexity index is 633. The number of guanidine groups is 1. The Morgan fingerprint density at radius 2 is 2.12 bits per heavy atom. The number of rotatable bonds is 7. The second-order valence-corrected chi connectivity index (χ2v) is 5.78. The van der Waals surface area contributed by atoms with Gasteiger partial charge in [0.25, 0.3) is 0 Å². The summed E-state index contributed by atoms with van der Waals surface area (Å²) in [4.78, 5) is 4.56. The van der Waals surface area contributed by atoms with Crippen molar-refractivity contribution in [2.45, 2.75) is 19.9 Å². The zero-order chi connectivity index (χ0) is 16.5. The van der Waals surface area contributed by atoms with Crippen molar-refractivity contribution in [1.82, 2.24) is 10.6 Å². The Morgan fingerprint density at radius 1 is 1.29 bits per heavy atom. The van der Waals surface area contributed by atoms with Crippen LogP contribution in [-0.2, 0) is 13.0 Å². The smallest absolute Gasteiger partial charge is 0.191 e. The SMILES string of the molecule is CCNC(=NCc1ccsc1)NCCc1ccc(OC)cc1O.I. The van der Waals surface area contributed by atoms with Crippen molar-refractivity contribution in [3.05, 3.63) is 46.2 Å². The standard InChI is InChI=1S/C17H23N3O2S.HI/c1-3-18-17(20-11-13-7-9-23-12-13)19-8-6-14-4-5-15(22-2)10-16(14)21;/h4-5,7,9-10,12,21H,3,6,8,11H2,1-2H3,(H2,18,19,20);1H. The minimum Gasteiger partial charge on any atom is -0.508 e. The van der Waals surface area contributed by atoms with Crippen LogP contribution >= 0.6 is 35.3 Å². The Hall–Kier alpha value is -1.48. The first kappa shape index (κ1) is 20.6. The fraction of sp³-hybridized carbons (Fsp3) is 0.353. The topological polar surface area (TPSA) is 65.9 Å². The van der Waals surface area contributed by atoms with Gasteiger partial charge in [0.15, 0.2) is 5.96 Å². The number of phenols is 1. The summed E-state index contributed by atoms with van der Waals surface area (Å²) in [5.41, 5.74) is 2.09. The van der Waals surface area contributed by atoms with E-state index in [-0.39, 0.29) is 29.7 Å². The number of hydrogen-bond acceptors (Lipinski definition) is 4. The van der Waals surface area contributed by atoms with E-state index in [1.54, 1.807) is 24.5 Å². The van der Waals surface area contributed by atoms with Gasteiger partial charge in [0.2, 0.25) is 0 Å². The Labute approximate surface area is 164 Å². The van der Waals surface area contributed by atoms with E-state index in [0.717, 1.165) is 18.1 Å². The molecule has 0 saturated carbocycles. The molecule has 24 heavy (non-hydrogen) atoms. The third-order valence-electron chi connectivity index (χ3n) is 3.32. The maximum absolute atomic E-state index is 9.97. The lowest BCUT2D eigenvalue weighted by molar-refractivity contribution is 0.406. The highest BCUT2D eigenvalue weighted by Crippen LogP contribution is 2.23. The molecule has 1 aromatic carbocycles. The third-order valence-corrected chi connectivity index (χ3v) is 4.06. The number of aromatic hydroxyl groups is 1. The molecule has 3 N–H and O–H groups in total. The van der Waals surface area contributed by atoms with Gasteiger partial charge < -0.3 is 20.5 Å². The van der Waals surface area contributed by atoms with Crippen LogP contribution in [-0.4, -0.2) is 31.3 Å². The molecule has 0 unspecified atom stereocenters. The highest BCUT2D eigenvalue weighted by atomic mass is 127. The van der Waals surface area contributed by atoms with Gasteiger partial charge in [0.05, 0.1) is 13.7 Å². The Balaban J connectivity index is 0.00000288. The van der Waals surface area contributed by atoms with E-state index in [1.807, 2.05) is 19.1 Å². The summed E-state index contributed by atoms with van der Waals surface area (Å²) in [6, 6.07) is 7.44. The lowest BCUT2D eigenvalue weighted by Gasteiger charge is -2.12. The molecular formula is C17H24IN3O2S. The molecule has 7 heteroatoms. The number of phenolic OH excluding ortho intramolecular Hbond substituents is 1. The number of halogens is 1. The summed E-state index contributed by atoms with van der Waals surface area (Å²) in [5, 5.41) is 20.6. The molecule has 0 spiro atoms. The first-order valence-corrected chi connectivity index (χ1v) is 8.56. The van der Waals surface area contributed by atoms with Crippen LogP contribution in [0.3, 0.4) is 0 Å². The summed E-state index contributed by atoms with van der Waals surface area (Å²) >= 11 is 1.68. The van der Waals surface area contributed by atoms with Gasteiger partial charge in [-0.15, -0.1) is 24.0 Å². The molecule has 0 atom stereocenters. The Morgan fingerprint density at radius 3 is 2.75 bits per heavy atom. The largest absolute Gasteiger partial charge is 0.508 e. The molecule has 0 saturated heterocycles. The molecule has 0 amide bonds. The fourth-order valence-electron chi connectivity index (χ4n) is 2.09. The number of ether oxygens (including phenoxy) is 1. The van der Waals surface area contributed by atoms with Crippen LogP contribution in [0.5, 0.6) is 11.5 Å². The molecule has 0 radical (unpaired) electrons. The second-order valence-electron chi connectivity index (χ2n) is 5.00. The van der Waals surface area contributed by atoms with Gasteiger partial charge in [-0.3, -0.25) is 0 Å². The van der Waals surface area contributed by atoms with E-state index in [2.05, 4.69) is 32.5 Å². The van der Waals surface area contributed by atoms with Crippen molar-refractivity contribution in [1.29, 1.82) is 0 Å². The number of nitrogens with one attached hydrogen (secondary N) is 2. The van der Waals surface area contributed by atoms with E-state index in [0.29, 0.717) is 25.3 Å². The zero-order valence-corrected chi connectivity index (χ0v) is 17.1. The van der Waals surface area contributed by atoms with E-state index in [4.69, 9.17) is 4.74 Å². The van der Waals surface area contributed by atoms with E-state index >= 15 is 0 Å². The number of aliphatic imine (C=N–C) groups is 1. The van der Waals surface area contributed by atoms with Crippen molar-refractivity contribution in [3.63, 3.8) is 0 Å². The van der Waals surface area contributed by atoms with Crippen molar-refractivity contribution in [2.75, 3.05) is 20.2 Å². The van der Waals surface area contributed by atoms with Gasteiger partial charge in [-0.2, -0.15) is 11.3 Å². The van der Waals surface area contributed by atoms with Gasteiger partial charge in [0.1, 0.15) is 11.5 Å². The number of hydrogen-bond donors (Lipinski definition) is 3. The summed E-state index contributed by atoms with van der Waals surface area (Å²) in [7, 11) is 1.59. The van der Waals surface area contributed by atoms with Crippen LogP contribution < -0.4 is 15.4 Å². The minimum atomic E-state index is 0. The highest BCUT2D eigenvalue weighted by molar-refractivity contribution is 14.0. The van der Waals surface area contributed by atoms with Crippen LogP contribution in [0, 0.1) is 0 Å². The molecule has 132 valence electrons. The number of benzene rings is 1. The van der Waals surface area contributed by atoms with Crippen LogP contribution in [0.1, 0.15) is 18.1 Å². The van der Waals surface area contributed by atoms with Gasteiger partial charge >= 0.3 is 0 Å². The van der Waals surface area contributed by atoms with E-state index in [1.165, 1.54) is 5.56 Å². The van der Waals surface area contributed by atoms with Crippen LogP contribution in [0.25, 0.3) is 0 Å². The molecule has 0 aliphatic rings. The summed E-state index contributed by atoms with van der Waals surface area (Å²) < 4.78 is 5.09. The van der Waals surface area contributed by atoms with Crippen LogP contribution in [0.15, 0.2) is 40.0 Å². The van der Waals surface area contributed by atoms with Crippen molar-refractivity contribution in [3.8, 4) is 11.5 Å². The van der Waals surface area contributed by atoms with Gasteiger partial charge in [0, 0.05) is 19.2 Å². The number of nitrogens with zero attached hydrogens (tertiary/aromatic N) is 1. The van der Waals surface area contributed by atoms with E-state index < -0.39 is 0 Å². The van der Waals surface area contributed by atoms with Crippen LogP contribution in [0.2, 0.25) is 0 Å². The quantitative estimate of drug-likeness (QED) is 0.336. The molecule has 2 aromatic rings. The average molecular weight is 461 g/mol. The normalized spacial score (nSPS) is 10.8. The van der Waals surface area contributed by atoms with Crippen molar-refractivity contribution < 1.29 is 9.84 Å². The maximum Gasteiger partial charge on any atom is 0.191 e. The summed E-state index contributed by atoms with van der Waals surface area (Å²) in [6.45, 7) is 4.20. The first-order chi connectivity index (χ1) is 11.2. The lowest BCUT2D eigenvalue weighted by Crippen LogP contribution is -2.38. The zero-order valence-electron chi connectivity index (χ0n) is 13.9. The maximum atomic E-state index is 9.97. The molecular weight excluding hydrogens is 437 g/mol. The number of thiophene rings is 1. The minimum absolute atomic E-state index is 0. The molecule has 5 nitrogen and oxygen atoms in total. The fourth-order valence-corrected chi connectivity index (χ4v) is 2.75. The molecule has 0 aliphatic heterocycles. The third kappa shape index (κ3) is 6.56. The molecule has 0 bridgehead atoms. The second kappa shape index (κ2) is 11.1. The first-order valence-electron chi connectivity index (χ1n) is 7.62. The van der Waals surface area contributed by atoms with Crippen LogP contribution in [0.4, 0.5) is 0 Å². The van der Waals surface area contributed by atoms with Crippen molar-refractivity contribution in [2.24, 2.45) is 4.99 Å². The van der Waals surface area contributed by atoms with Gasteiger partial charge in [-0.25, -0.2) is 4.99 Å².